The van der Waals surface area contributed by atoms with Gasteiger partial charge in [-0.15, -0.1) is 0 Å². The van der Waals surface area contributed by atoms with Crippen LogP contribution < -0.4 is 0 Å². The Balaban J connectivity index is 1.78. The Hall–Kier alpha value is -1.82. The maximum absolute atomic E-state index is 12.8. The van der Waals surface area contributed by atoms with Crippen LogP contribution in [0.2, 0.25) is 0 Å². The average Bonchev–Trinajstić information content (AvgIpc) is 2.95. The number of benzene rings is 1. The van der Waals surface area contributed by atoms with E-state index in [4.69, 9.17) is 4.42 Å². The standard InChI is InChI=1S/C20H27NO4S/c1-13-8-14(2)19-17(11-25-20(19)15(13)3)9-18(22)21-7-5-6-16(10-21)12-26(4,23)24/h8,11,16H,5-7,9-10,12H2,1-4H3. The van der Waals surface area contributed by atoms with Crippen molar-refractivity contribution in [2.75, 3.05) is 25.1 Å². The molecule has 1 aliphatic rings. The van der Waals surface area contributed by atoms with Gasteiger partial charge < -0.3 is 9.32 Å². The van der Waals surface area contributed by atoms with E-state index in [9.17, 15) is 13.2 Å². The number of fused-ring (bicyclic) bond motifs is 1. The second-order valence-electron chi connectivity index (χ2n) is 7.72. The van der Waals surface area contributed by atoms with E-state index in [-0.39, 0.29) is 17.6 Å². The highest BCUT2D eigenvalue weighted by Gasteiger charge is 2.27. The van der Waals surface area contributed by atoms with Crippen LogP contribution in [0, 0.1) is 26.7 Å². The Kier molecular flexibility index (Phi) is 5.15. The first-order chi connectivity index (χ1) is 12.2. The number of piperidine rings is 1. The van der Waals surface area contributed by atoms with E-state index in [0.29, 0.717) is 19.5 Å². The molecule has 142 valence electrons. The van der Waals surface area contributed by atoms with Gasteiger partial charge in [-0.05, 0) is 56.2 Å². The molecule has 0 saturated carbocycles. The molecule has 3 rings (SSSR count). The molecule has 1 unspecified atom stereocenters. The molecule has 26 heavy (non-hydrogen) atoms. The molecule has 2 aromatic rings. The van der Waals surface area contributed by atoms with Crippen molar-refractivity contribution < 1.29 is 17.6 Å². The van der Waals surface area contributed by atoms with Crippen LogP contribution >= 0.6 is 0 Å². The topological polar surface area (TPSA) is 67.6 Å². The Morgan fingerprint density at radius 3 is 2.69 bits per heavy atom. The van der Waals surface area contributed by atoms with Crippen molar-refractivity contribution in [3.8, 4) is 0 Å². The van der Waals surface area contributed by atoms with E-state index in [1.807, 2.05) is 18.7 Å². The zero-order valence-corrected chi connectivity index (χ0v) is 16.8. The van der Waals surface area contributed by atoms with Crippen LogP contribution in [0.1, 0.15) is 35.1 Å². The predicted molar refractivity (Wildman–Crippen MR) is 103 cm³/mol. The summed E-state index contributed by atoms with van der Waals surface area (Å²) in [5, 5.41) is 1.03. The van der Waals surface area contributed by atoms with Crippen LogP contribution in [0.4, 0.5) is 0 Å². The first-order valence-electron chi connectivity index (χ1n) is 9.08. The number of hydrogen-bond acceptors (Lipinski definition) is 4. The van der Waals surface area contributed by atoms with E-state index in [0.717, 1.165) is 40.5 Å². The Morgan fingerprint density at radius 2 is 2.00 bits per heavy atom. The average molecular weight is 378 g/mol. The quantitative estimate of drug-likeness (QED) is 0.821. The minimum atomic E-state index is -3.02. The van der Waals surface area contributed by atoms with E-state index >= 15 is 0 Å². The highest BCUT2D eigenvalue weighted by Crippen LogP contribution is 2.30. The molecule has 1 saturated heterocycles. The SMILES string of the molecule is Cc1cc(C)c2c(CC(=O)N3CCCC(CS(C)(=O)=O)C3)coc2c1C. The van der Waals surface area contributed by atoms with E-state index in [1.165, 1.54) is 11.8 Å². The number of furan rings is 1. The maximum Gasteiger partial charge on any atom is 0.227 e. The normalized spacial score (nSPS) is 18.5. The minimum Gasteiger partial charge on any atom is -0.464 e. The third-order valence-electron chi connectivity index (χ3n) is 5.38. The number of carbonyl (C=O) groups excluding carboxylic acids is 1. The lowest BCUT2D eigenvalue weighted by molar-refractivity contribution is -0.132. The fraction of sp³-hybridized carbons (Fsp3) is 0.550. The van der Waals surface area contributed by atoms with Crippen molar-refractivity contribution in [3.63, 3.8) is 0 Å². The summed E-state index contributed by atoms with van der Waals surface area (Å²) in [4.78, 5) is 14.6. The molecule has 2 heterocycles. The first kappa shape index (κ1) is 19.0. The summed E-state index contributed by atoms with van der Waals surface area (Å²) >= 11 is 0. The number of rotatable bonds is 4. The summed E-state index contributed by atoms with van der Waals surface area (Å²) in [5.74, 6) is 0.238. The molecule has 1 fully saturated rings. The zero-order chi connectivity index (χ0) is 19.1. The summed E-state index contributed by atoms with van der Waals surface area (Å²) in [7, 11) is -3.02. The van der Waals surface area contributed by atoms with Gasteiger partial charge in [-0.1, -0.05) is 6.07 Å². The van der Waals surface area contributed by atoms with Crippen LogP contribution in [0.25, 0.3) is 11.0 Å². The van der Waals surface area contributed by atoms with Crippen LogP contribution in [0.5, 0.6) is 0 Å². The van der Waals surface area contributed by atoms with Crippen molar-refractivity contribution >= 4 is 26.7 Å². The summed E-state index contributed by atoms with van der Waals surface area (Å²) in [6.07, 6.45) is 4.97. The molecular weight excluding hydrogens is 350 g/mol. The number of aryl methyl sites for hydroxylation is 3. The lowest BCUT2D eigenvalue weighted by Gasteiger charge is -2.32. The van der Waals surface area contributed by atoms with Gasteiger partial charge >= 0.3 is 0 Å². The fourth-order valence-corrected chi connectivity index (χ4v) is 5.18. The molecule has 0 N–H and O–H groups in total. The predicted octanol–water partition coefficient (Wildman–Crippen LogP) is 3.18. The summed E-state index contributed by atoms with van der Waals surface area (Å²) in [6.45, 7) is 7.36. The molecule has 1 aliphatic heterocycles. The van der Waals surface area contributed by atoms with Gasteiger partial charge in [-0.25, -0.2) is 8.42 Å². The fourth-order valence-electron chi connectivity index (χ4n) is 4.05. The number of sulfone groups is 1. The van der Waals surface area contributed by atoms with E-state index in [1.54, 1.807) is 6.26 Å². The smallest absolute Gasteiger partial charge is 0.227 e. The number of likely N-dealkylation sites (tertiary alicyclic amines) is 1. The zero-order valence-electron chi connectivity index (χ0n) is 16.0. The Bertz CT molecular complexity index is 942. The Labute approximate surface area is 155 Å². The summed E-state index contributed by atoms with van der Waals surface area (Å²) in [6, 6.07) is 2.13. The first-order valence-corrected chi connectivity index (χ1v) is 11.1. The number of amides is 1. The van der Waals surface area contributed by atoms with Crippen molar-refractivity contribution in [2.45, 2.75) is 40.0 Å². The monoisotopic (exact) mass is 377 g/mol. The lowest BCUT2D eigenvalue weighted by atomic mass is 9.97. The molecule has 5 nitrogen and oxygen atoms in total. The lowest BCUT2D eigenvalue weighted by Crippen LogP contribution is -2.42. The van der Waals surface area contributed by atoms with E-state index < -0.39 is 9.84 Å². The van der Waals surface area contributed by atoms with Crippen LogP contribution in [0.3, 0.4) is 0 Å². The third kappa shape index (κ3) is 3.95. The molecule has 0 bridgehead atoms. The van der Waals surface area contributed by atoms with Gasteiger partial charge in [-0.2, -0.15) is 0 Å². The maximum atomic E-state index is 12.8. The van der Waals surface area contributed by atoms with Crippen LogP contribution in [0.15, 0.2) is 16.7 Å². The second-order valence-corrected chi connectivity index (χ2v) is 9.90. The van der Waals surface area contributed by atoms with Gasteiger partial charge in [-0.3, -0.25) is 4.79 Å². The van der Waals surface area contributed by atoms with Gasteiger partial charge in [0.15, 0.2) is 0 Å². The molecule has 0 spiro atoms. The van der Waals surface area contributed by atoms with Crippen molar-refractivity contribution in [2.24, 2.45) is 5.92 Å². The van der Waals surface area contributed by atoms with Crippen LogP contribution in [-0.4, -0.2) is 44.3 Å². The van der Waals surface area contributed by atoms with Crippen LogP contribution in [-0.2, 0) is 21.1 Å². The van der Waals surface area contributed by atoms with Gasteiger partial charge in [0.2, 0.25) is 5.91 Å². The molecule has 6 heteroatoms. The Morgan fingerprint density at radius 1 is 1.27 bits per heavy atom. The van der Waals surface area contributed by atoms with Gasteiger partial charge in [0.05, 0.1) is 18.4 Å². The molecule has 1 amide bonds. The van der Waals surface area contributed by atoms with Crippen molar-refractivity contribution in [3.05, 3.63) is 34.6 Å². The highest BCUT2D eigenvalue weighted by molar-refractivity contribution is 7.90. The molecule has 0 radical (unpaired) electrons. The number of carbonyl (C=O) groups is 1. The number of nitrogens with zero attached hydrogens (tertiary/aromatic N) is 1. The molecule has 1 aromatic carbocycles. The van der Waals surface area contributed by atoms with Gasteiger partial charge in [0, 0.05) is 30.3 Å². The largest absolute Gasteiger partial charge is 0.464 e. The second kappa shape index (κ2) is 7.06. The van der Waals surface area contributed by atoms with E-state index in [2.05, 4.69) is 13.0 Å². The van der Waals surface area contributed by atoms with Crippen molar-refractivity contribution in [1.29, 1.82) is 0 Å². The number of hydrogen-bond donors (Lipinski definition) is 0. The summed E-state index contributed by atoms with van der Waals surface area (Å²) in [5.41, 5.74) is 5.18. The molecular formula is C20H27NO4S. The third-order valence-corrected chi connectivity index (χ3v) is 6.46. The van der Waals surface area contributed by atoms with Crippen molar-refractivity contribution in [1.82, 2.24) is 4.90 Å². The van der Waals surface area contributed by atoms with Gasteiger partial charge in [0.25, 0.3) is 0 Å². The molecule has 1 atom stereocenters. The molecule has 1 aromatic heterocycles. The molecule has 0 aliphatic carbocycles. The highest BCUT2D eigenvalue weighted by atomic mass is 32.2. The summed E-state index contributed by atoms with van der Waals surface area (Å²) < 4.78 is 28.9. The van der Waals surface area contributed by atoms with Gasteiger partial charge in [0.1, 0.15) is 15.4 Å². The minimum absolute atomic E-state index is 0.0374.